The summed E-state index contributed by atoms with van der Waals surface area (Å²) in [6, 6.07) is 29.5. The Balaban J connectivity index is 0.000000171. The van der Waals surface area contributed by atoms with Crippen molar-refractivity contribution in [3.05, 3.63) is 109 Å². The third kappa shape index (κ3) is 8.70. The molecule has 0 saturated heterocycles. The van der Waals surface area contributed by atoms with Crippen LogP contribution in [-0.2, 0) is 32.9 Å². The van der Waals surface area contributed by atoms with E-state index >= 15 is 0 Å². The molecule has 2 fully saturated rings. The SMILES string of the molecule is C[Si](C)(C)c1cnc(-c2[c-]cccc2)cc1CC1CCCCC1.[Ir].[c-]1ccc2c(oc3ncccc32)c1-c1cc(CC2CCCCC2)ccn1. The molecule has 0 unspecified atom stereocenters. The van der Waals surface area contributed by atoms with Crippen LogP contribution in [0.25, 0.3) is 44.6 Å². The minimum Gasteiger partial charge on any atom is -0.486 e. The normalized spacial score (nSPS) is 15.7. The van der Waals surface area contributed by atoms with Crippen LogP contribution in [0.2, 0.25) is 19.6 Å². The van der Waals surface area contributed by atoms with Gasteiger partial charge in [0, 0.05) is 44.1 Å². The topological polar surface area (TPSA) is 51.8 Å². The Bertz CT molecular complexity index is 1990. The monoisotopic (exact) mass is 856 g/mol. The van der Waals surface area contributed by atoms with Crippen molar-refractivity contribution in [2.24, 2.45) is 11.8 Å². The summed E-state index contributed by atoms with van der Waals surface area (Å²) in [6.07, 6.45) is 22.2. The van der Waals surface area contributed by atoms with Crippen LogP contribution in [0.1, 0.15) is 75.3 Å². The van der Waals surface area contributed by atoms with Gasteiger partial charge < -0.3 is 14.4 Å². The predicted molar refractivity (Wildman–Crippen MR) is 206 cm³/mol. The van der Waals surface area contributed by atoms with Gasteiger partial charge in [0.05, 0.1) is 13.7 Å². The van der Waals surface area contributed by atoms with Crippen molar-refractivity contribution in [2.45, 2.75) is 96.7 Å². The quantitative estimate of drug-likeness (QED) is 0.119. The van der Waals surface area contributed by atoms with Crippen LogP contribution >= 0.6 is 0 Å². The molecule has 1 radical (unpaired) electrons. The van der Waals surface area contributed by atoms with E-state index in [1.165, 1.54) is 76.2 Å². The zero-order valence-corrected chi connectivity index (χ0v) is 33.2. The molecule has 261 valence electrons. The first kappa shape index (κ1) is 36.4. The van der Waals surface area contributed by atoms with Crippen molar-refractivity contribution in [3.8, 4) is 22.5 Å². The van der Waals surface area contributed by atoms with Gasteiger partial charge in [0.15, 0.2) is 0 Å². The molecule has 4 nitrogen and oxygen atoms in total. The first-order valence-corrected chi connectivity index (χ1v) is 22.0. The second-order valence-electron chi connectivity index (χ2n) is 15.3. The molecule has 50 heavy (non-hydrogen) atoms. The van der Waals surface area contributed by atoms with Gasteiger partial charge in [-0.25, -0.2) is 4.98 Å². The van der Waals surface area contributed by atoms with E-state index in [-0.39, 0.29) is 20.1 Å². The largest absolute Gasteiger partial charge is 0.486 e. The summed E-state index contributed by atoms with van der Waals surface area (Å²) >= 11 is 0. The van der Waals surface area contributed by atoms with Gasteiger partial charge in [-0.3, -0.25) is 0 Å². The van der Waals surface area contributed by atoms with Gasteiger partial charge >= 0.3 is 0 Å². The molecule has 0 aliphatic heterocycles. The zero-order valence-electron chi connectivity index (χ0n) is 29.8. The molecule has 2 saturated carbocycles. The van der Waals surface area contributed by atoms with Gasteiger partial charge in [-0.2, -0.15) is 0 Å². The number of fused-ring (bicyclic) bond motifs is 3. The molecule has 2 aliphatic carbocycles. The van der Waals surface area contributed by atoms with Crippen LogP contribution in [0.15, 0.2) is 89.7 Å². The van der Waals surface area contributed by atoms with Crippen molar-refractivity contribution >= 4 is 35.3 Å². The Morgan fingerprint density at radius 1 is 0.700 bits per heavy atom. The maximum absolute atomic E-state index is 6.05. The van der Waals surface area contributed by atoms with E-state index in [0.717, 1.165) is 57.1 Å². The van der Waals surface area contributed by atoms with Gasteiger partial charge in [0.1, 0.15) is 0 Å². The van der Waals surface area contributed by atoms with Gasteiger partial charge in [-0.1, -0.05) is 118 Å². The van der Waals surface area contributed by atoms with E-state index in [9.17, 15) is 0 Å². The number of aromatic nitrogens is 3. The second kappa shape index (κ2) is 16.7. The van der Waals surface area contributed by atoms with Crippen molar-refractivity contribution < 1.29 is 24.5 Å². The number of benzene rings is 2. The van der Waals surface area contributed by atoms with Gasteiger partial charge in [-0.15, -0.1) is 54.1 Å². The van der Waals surface area contributed by atoms with Gasteiger partial charge in [0.2, 0.25) is 5.71 Å². The summed E-state index contributed by atoms with van der Waals surface area (Å²) < 4.78 is 6.05. The molecule has 4 aromatic heterocycles. The fourth-order valence-electron chi connectivity index (χ4n) is 7.97. The second-order valence-corrected chi connectivity index (χ2v) is 20.3. The average molecular weight is 856 g/mol. The predicted octanol–water partition coefficient (Wildman–Crippen LogP) is 11.2. The molecule has 0 spiro atoms. The minimum atomic E-state index is -1.36. The number of rotatable bonds is 7. The molecule has 6 aromatic rings. The van der Waals surface area contributed by atoms with Crippen LogP contribution in [0.5, 0.6) is 0 Å². The fraction of sp³-hybridized carbons (Fsp3) is 0.386. The van der Waals surface area contributed by atoms with Crippen LogP contribution in [0, 0.1) is 24.0 Å². The van der Waals surface area contributed by atoms with Crippen LogP contribution in [0.4, 0.5) is 0 Å². The number of nitrogens with zero attached hydrogens (tertiary/aromatic N) is 3. The van der Waals surface area contributed by atoms with E-state index in [4.69, 9.17) is 9.40 Å². The summed E-state index contributed by atoms with van der Waals surface area (Å²) in [5.74, 6) is 1.68. The van der Waals surface area contributed by atoms with Crippen LogP contribution in [-0.4, -0.2) is 23.0 Å². The molecule has 0 amide bonds. The Kier molecular flexibility index (Phi) is 12.2. The maximum atomic E-state index is 6.05. The summed E-state index contributed by atoms with van der Waals surface area (Å²) in [7, 11) is -1.36. The minimum absolute atomic E-state index is 0. The molecule has 0 atom stereocenters. The Morgan fingerprint density at radius 3 is 2.18 bits per heavy atom. The third-order valence-electron chi connectivity index (χ3n) is 10.6. The van der Waals surface area contributed by atoms with E-state index in [1.807, 2.05) is 42.6 Å². The average Bonchev–Trinajstić information content (AvgIpc) is 3.52. The number of hydrogen-bond donors (Lipinski definition) is 0. The molecule has 4 heterocycles. The van der Waals surface area contributed by atoms with E-state index in [2.05, 4.69) is 78.3 Å². The number of hydrogen-bond acceptors (Lipinski definition) is 4. The Labute approximate surface area is 312 Å². The zero-order chi connectivity index (χ0) is 33.6. The molecule has 8 rings (SSSR count). The third-order valence-corrected chi connectivity index (χ3v) is 12.6. The first-order chi connectivity index (χ1) is 23.9. The molecule has 2 aromatic carbocycles. The van der Waals surface area contributed by atoms with Crippen molar-refractivity contribution in [1.82, 2.24) is 15.0 Å². The van der Waals surface area contributed by atoms with Crippen molar-refractivity contribution in [2.75, 3.05) is 0 Å². The van der Waals surface area contributed by atoms with Gasteiger partial charge in [-0.05, 0) is 59.5 Å². The van der Waals surface area contributed by atoms with Crippen molar-refractivity contribution in [3.63, 3.8) is 0 Å². The summed E-state index contributed by atoms with van der Waals surface area (Å²) in [4.78, 5) is 13.7. The number of furan rings is 1. The van der Waals surface area contributed by atoms with E-state index in [0.29, 0.717) is 5.71 Å². The molecule has 2 aliphatic rings. The van der Waals surface area contributed by atoms with Crippen LogP contribution < -0.4 is 5.19 Å². The fourth-order valence-corrected chi connectivity index (χ4v) is 9.56. The van der Waals surface area contributed by atoms with Crippen molar-refractivity contribution in [1.29, 1.82) is 0 Å². The molecular formula is C44H49IrN3OSi-2. The van der Waals surface area contributed by atoms with Crippen LogP contribution in [0.3, 0.4) is 0 Å². The molecule has 0 N–H and O–H groups in total. The molecular weight excluding hydrogens is 807 g/mol. The number of pyridine rings is 3. The molecule has 6 heteroatoms. The Morgan fingerprint density at radius 2 is 1.46 bits per heavy atom. The standard InChI is InChI=1S/C23H21N2O.C21H28NSi.Ir/c1-2-6-16(7-3-1)14-17-11-13-24-21(15-17)20-9-4-8-18-19-10-5-12-25-23(19)26-22(18)20;1-23(2,3)21-16-22-20(18-12-8-5-9-13-18)15-19(21)14-17-10-6-4-7-11-17;/h4-5,8,10-13,15-16H,1-3,6-7,14H2;5,8-9,12,15-17H,4,6-7,10-11,14H2,1-3H3;/q2*-1;. The smallest absolute Gasteiger partial charge is 0.216 e. The summed E-state index contributed by atoms with van der Waals surface area (Å²) in [5, 5.41) is 3.65. The molecule has 0 bridgehead atoms. The summed E-state index contributed by atoms with van der Waals surface area (Å²) in [6.45, 7) is 7.30. The van der Waals surface area contributed by atoms with Gasteiger partial charge in [0.25, 0.3) is 0 Å². The van der Waals surface area contributed by atoms with E-state index in [1.54, 1.807) is 16.9 Å². The first-order valence-electron chi connectivity index (χ1n) is 18.5. The maximum Gasteiger partial charge on any atom is 0.216 e. The Hall–Kier alpha value is -3.44. The van der Waals surface area contributed by atoms with E-state index < -0.39 is 8.07 Å². The summed E-state index contributed by atoms with van der Waals surface area (Å²) in [5.41, 5.74) is 8.46.